The van der Waals surface area contributed by atoms with Crippen LogP contribution in [-0.2, 0) is 14.3 Å². The van der Waals surface area contributed by atoms with Crippen LogP contribution in [0.15, 0.2) is 0 Å². The summed E-state index contributed by atoms with van der Waals surface area (Å²) in [5.41, 5.74) is 0. The second kappa shape index (κ2) is 9.17. The number of rotatable bonds is 8. The lowest BCUT2D eigenvalue weighted by Crippen LogP contribution is -2.50. The fourth-order valence-corrected chi connectivity index (χ4v) is 1.67. The molecule has 0 aliphatic heterocycles. The molecule has 116 valence electrons. The predicted octanol–water partition coefficient (Wildman–Crippen LogP) is 1.18. The van der Waals surface area contributed by atoms with Crippen molar-refractivity contribution in [2.45, 2.75) is 40.2 Å². The van der Waals surface area contributed by atoms with E-state index in [1.807, 2.05) is 6.92 Å². The van der Waals surface area contributed by atoms with E-state index in [4.69, 9.17) is 9.84 Å². The van der Waals surface area contributed by atoms with Gasteiger partial charge in [-0.3, -0.25) is 9.59 Å². The van der Waals surface area contributed by atoms with Crippen molar-refractivity contribution in [1.29, 1.82) is 0 Å². The van der Waals surface area contributed by atoms with E-state index in [1.165, 1.54) is 9.80 Å². The molecule has 0 radical (unpaired) electrons. The highest BCUT2D eigenvalue weighted by atomic mass is 16.5. The van der Waals surface area contributed by atoms with E-state index in [1.54, 1.807) is 20.8 Å². The minimum Gasteiger partial charge on any atom is -0.480 e. The van der Waals surface area contributed by atoms with Crippen LogP contribution in [0.3, 0.4) is 0 Å². The van der Waals surface area contributed by atoms with Crippen molar-refractivity contribution in [2.24, 2.45) is 0 Å². The highest BCUT2D eigenvalue weighted by Gasteiger charge is 2.26. The van der Waals surface area contributed by atoms with E-state index in [9.17, 15) is 14.4 Å². The largest absolute Gasteiger partial charge is 0.480 e. The monoisotopic (exact) mass is 288 g/mol. The van der Waals surface area contributed by atoms with Crippen LogP contribution < -0.4 is 0 Å². The molecule has 0 aromatic rings. The molecule has 20 heavy (non-hydrogen) atoms. The van der Waals surface area contributed by atoms with Crippen molar-refractivity contribution >= 4 is 18.0 Å². The number of carbonyl (C=O) groups excluding carboxylic acids is 2. The van der Waals surface area contributed by atoms with Crippen molar-refractivity contribution in [3.8, 4) is 0 Å². The van der Waals surface area contributed by atoms with Gasteiger partial charge < -0.3 is 19.6 Å². The number of ether oxygens (including phenoxy) is 1. The number of carboxylic acids is 1. The average Bonchev–Trinajstić information content (AvgIpc) is 2.34. The van der Waals surface area contributed by atoms with Gasteiger partial charge in [0.1, 0.15) is 13.1 Å². The zero-order valence-corrected chi connectivity index (χ0v) is 12.6. The van der Waals surface area contributed by atoms with E-state index >= 15 is 0 Å². The van der Waals surface area contributed by atoms with Crippen LogP contribution in [-0.4, -0.2) is 65.2 Å². The lowest BCUT2D eigenvalue weighted by atomic mass is 10.3. The molecule has 0 saturated carbocycles. The van der Waals surface area contributed by atoms with Gasteiger partial charge >= 0.3 is 18.0 Å². The molecule has 0 spiro atoms. The summed E-state index contributed by atoms with van der Waals surface area (Å²) in [5, 5.41) is 8.86. The Morgan fingerprint density at radius 1 is 1.15 bits per heavy atom. The Bertz CT molecular complexity index is 344. The third-order valence-electron chi connectivity index (χ3n) is 2.56. The maximum absolute atomic E-state index is 12.3. The number of carbonyl (C=O) groups is 3. The summed E-state index contributed by atoms with van der Waals surface area (Å²) in [5.74, 6) is -1.58. The summed E-state index contributed by atoms with van der Waals surface area (Å²) in [6, 6.07) is -0.725. The second-order valence-corrected chi connectivity index (χ2v) is 4.62. The summed E-state index contributed by atoms with van der Waals surface area (Å²) in [6.07, 6.45) is 0.671. The molecule has 0 saturated heterocycles. The third-order valence-corrected chi connectivity index (χ3v) is 2.56. The lowest BCUT2D eigenvalue weighted by Gasteiger charge is -2.31. The lowest BCUT2D eigenvalue weighted by molar-refractivity contribution is -0.143. The maximum atomic E-state index is 12.3. The van der Waals surface area contributed by atoms with Crippen LogP contribution in [0.4, 0.5) is 4.79 Å². The van der Waals surface area contributed by atoms with Crippen LogP contribution in [0, 0.1) is 0 Å². The van der Waals surface area contributed by atoms with Crippen LogP contribution in [0.2, 0.25) is 0 Å². The SMILES string of the molecule is CCCN(CC(=O)OCC)C(=O)N(CC(=O)O)C(C)C. The fourth-order valence-electron chi connectivity index (χ4n) is 1.67. The third kappa shape index (κ3) is 6.40. The molecule has 2 amide bonds. The van der Waals surface area contributed by atoms with Gasteiger partial charge in [0, 0.05) is 12.6 Å². The van der Waals surface area contributed by atoms with E-state index in [2.05, 4.69) is 0 Å². The van der Waals surface area contributed by atoms with E-state index in [0.717, 1.165) is 0 Å². The molecule has 7 heteroatoms. The first kappa shape index (κ1) is 18.2. The van der Waals surface area contributed by atoms with Crippen molar-refractivity contribution in [2.75, 3.05) is 26.2 Å². The summed E-state index contributed by atoms with van der Waals surface area (Å²) >= 11 is 0. The molecular formula is C13H24N2O5. The van der Waals surface area contributed by atoms with Gasteiger partial charge in [-0.05, 0) is 27.2 Å². The molecule has 0 bridgehead atoms. The summed E-state index contributed by atoms with van der Waals surface area (Å²) in [6.45, 7) is 7.10. The predicted molar refractivity (Wildman–Crippen MR) is 73.4 cm³/mol. The molecule has 0 aromatic heterocycles. The molecule has 1 N–H and O–H groups in total. The Morgan fingerprint density at radius 3 is 2.15 bits per heavy atom. The van der Waals surface area contributed by atoms with Crippen molar-refractivity contribution < 1.29 is 24.2 Å². The summed E-state index contributed by atoms with van der Waals surface area (Å²) in [7, 11) is 0. The van der Waals surface area contributed by atoms with Gasteiger partial charge in [0.05, 0.1) is 6.61 Å². The molecule has 0 aliphatic carbocycles. The number of nitrogens with zero attached hydrogens (tertiary/aromatic N) is 2. The Labute approximate surface area is 119 Å². The van der Waals surface area contributed by atoms with Gasteiger partial charge in [-0.1, -0.05) is 6.92 Å². The quantitative estimate of drug-likeness (QED) is 0.678. The zero-order valence-electron chi connectivity index (χ0n) is 12.6. The molecule has 0 aliphatic rings. The first-order valence-corrected chi connectivity index (χ1v) is 6.76. The Kier molecular flexibility index (Phi) is 8.35. The number of hydrogen-bond donors (Lipinski definition) is 1. The molecule has 0 rings (SSSR count). The topological polar surface area (TPSA) is 87.2 Å². The van der Waals surface area contributed by atoms with Gasteiger partial charge in [-0.15, -0.1) is 0 Å². The molecule has 0 atom stereocenters. The van der Waals surface area contributed by atoms with E-state index in [-0.39, 0.29) is 25.7 Å². The minimum atomic E-state index is -1.08. The van der Waals surface area contributed by atoms with Gasteiger partial charge in [-0.25, -0.2) is 4.79 Å². The van der Waals surface area contributed by atoms with Gasteiger partial charge in [0.2, 0.25) is 0 Å². The van der Waals surface area contributed by atoms with Gasteiger partial charge in [-0.2, -0.15) is 0 Å². The zero-order chi connectivity index (χ0) is 15.7. The molecular weight excluding hydrogens is 264 g/mol. The van der Waals surface area contributed by atoms with Crippen molar-refractivity contribution in [3.05, 3.63) is 0 Å². The normalized spacial score (nSPS) is 10.2. The maximum Gasteiger partial charge on any atom is 0.325 e. The number of hydrogen-bond acceptors (Lipinski definition) is 4. The number of urea groups is 1. The molecule has 7 nitrogen and oxygen atoms in total. The summed E-state index contributed by atoms with van der Waals surface area (Å²) in [4.78, 5) is 37.2. The highest BCUT2D eigenvalue weighted by Crippen LogP contribution is 2.06. The van der Waals surface area contributed by atoms with Gasteiger partial charge in [0.25, 0.3) is 0 Å². The van der Waals surface area contributed by atoms with Gasteiger partial charge in [0.15, 0.2) is 0 Å². The first-order chi connectivity index (χ1) is 9.33. The Balaban J connectivity index is 4.89. The number of carboxylic acid groups (broad SMARTS) is 1. The molecule has 0 heterocycles. The van der Waals surface area contributed by atoms with E-state index < -0.39 is 18.0 Å². The first-order valence-electron chi connectivity index (χ1n) is 6.76. The van der Waals surface area contributed by atoms with Crippen LogP contribution in [0.5, 0.6) is 0 Å². The molecule has 0 fully saturated rings. The van der Waals surface area contributed by atoms with Crippen molar-refractivity contribution in [1.82, 2.24) is 9.80 Å². The number of aliphatic carboxylic acids is 1. The molecule has 0 aromatic carbocycles. The Hall–Kier alpha value is -1.79. The van der Waals surface area contributed by atoms with Crippen LogP contribution >= 0.6 is 0 Å². The van der Waals surface area contributed by atoms with E-state index in [0.29, 0.717) is 13.0 Å². The van der Waals surface area contributed by atoms with Crippen LogP contribution in [0.25, 0.3) is 0 Å². The Morgan fingerprint density at radius 2 is 1.75 bits per heavy atom. The minimum absolute atomic E-state index is 0.163. The number of amides is 2. The number of esters is 1. The molecule has 0 unspecified atom stereocenters. The van der Waals surface area contributed by atoms with Crippen molar-refractivity contribution in [3.63, 3.8) is 0 Å². The van der Waals surface area contributed by atoms with Crippen LogP contribution in [0.1, 0.15) is 34.1 Å². The fraction of sp³-hybridized carbons (Fsp3) is 0.769. The standard InChI is InChI=1S/C13H24N2O5/c1-5-7-14(9-12(18)20-6-2)13(19)15(10(3)4)8-11(16)17/h10H,5-9H2,1-4H3,(H,16,17). The average molecular weight is 288 g/mol. The smallest absolute Gasteiger partial charge is 0.325 e. The highest BCUT2D eigenvalue weighted by molar-refractivity contribution is 5.84. The summed E-state index contributed by atoms with van der Waals surface area (Å²) < 4.78 is 4.82. The second-order valence-electron chi connectivity index (χ2n) is 4.62.